The molecular weight excluding hydrogens is 252 g/mol. The summed E-state index contributed by atoms with van der Waals surface area (Å²) in [4.78, 5) is 12.2. The quantitative estimate of drug-likeness (QED) is 0.819. The number of nitrogens with two attached hydrogens (primary N) is 1. The van der Waals surface area contributed by atoms with Crippen LogP contribution >= 0.6 is 0 Å². The topological polar surface area (TPSA) is 64.3 Å². The minimum absolute atomic E-state index is 0.166. The van der Waals surface area contributed by atoms with E-state index in [2.05, 4.69) is 5.32 Å². The molecule has 0 bridgehead atoms. The molecule has 4 heteroatoms. The molecule has 0 aliphatic rings. The van der Waals surface area contributed by atoms with Crippen LogP contribution in [0.3, 0.4) is 0 Å². The number of anilines is 1. The van der Waals surface area contributed by atoms with Gasteiger partial charge in [-0.3, -0.25) is 4.79 Å². The normalized spacial score (nSPS) is 11.8. The van der Waals surface area contributed by atoms with Crippen LogP contribution in [0.15, 0.2) is 54.6 Å². The fraction of sp³-hybridized carbons (Fsp3) is 0.188. The lowest BCUT2D eigenvalue weighted by Gasteiger charge is -2.15. The van der Waals surface area contributed by atoms with Gasteiger partial charge < -0.3 is 15.8 Å². The van der Waals surface area contributed by atoms with Gasteiger partial charge in [0.2, 0.25) is 0 Å². The van der Waals surface area contributed by atoms with Crippen LogP contribution in [0.4, 0.5) is 5.69 Å². The molecule has 2 rings (SSSR count). The molecule has 1 atom stereocenters. The molecule has 3 N–H and O–H groups in total. The number of carbonyl (C=O) groups is 1. The number of ether oxygens (including phenoxy) is 1. The summed E-state index contributed by atoms with van der Waals surface area (Å²) in [7, 11) is 1.53. The molecule has 0 saturated heterocycles. The highest BCUT2D eigenvalue weighted by Crippen LogP contribution is 2.16. The molecule has 0 fully saturated rings. The first-order chi connectivity index (χ1) is 9.70. The summed E-state index contributed by atoms with van der Waals surface area (Å²) in [6.07, 6.45) is -0.600. The van der Waals surface area contributed by atoms with E-state index in [-0.39, 0.29) is 5.91 Å². The van der Waals surface area contributed by atoms with Gasteiger partial charge in [-0.1, -0.05) is 42.5 Å². The number of hydrogen-bond donors (Lipinski definition) is 2. The summed E-state index contributed by atoms with van der Waals surface area (Å²) >= 11 is 0. The van der Waals surface area contributed by atoms with Crippen LogP contribution in [-0.2, 0) is 16.1 Å². The second-order valence-electron chi connectivity index (χ2n) is 4.49. The smallest absolute Gasteiger partial charge is 0.254 e. The van der Waals surface area contributed by atoms with Crippen LogP contribution in [0.25, 0.3) is 0 Å². The number of nitrogens with one attached hydrogen (secondary N) is 1. The number of nitrogen functional groups attached to an aromatic ring is 1. The first-order valence-corrected chi connectivity index (χ1v) is 6.40. The maximum atomic E-state index is 12.2. The zero-order valence-electron chi connectivity index (χ0n) is 11.4. The van der Waals surface area contributed by atoms with Crippen LogP contribution < -0.4 is 11.1 Å². The molecule has 0 heterocycles. The predicted octanol–water partition coefficient (Wildman–Crippen LogP) is 2.27. The molecule has 1 amide bonds. The Balaban J connectivity index is 2.00. The molecule has 0 spiro atoms. The van der Waals surface area contributed by atoms with Crippen LogP contribution in [-0.4, -0.2) is 13.0 Å². The summed E-state index contributed by atoms with van der Waals surface area (Å²) < 4.78 is 5.27. The lowest BCUT2D eigenvalue weighted by atomic mass is 10.1. The zero-order chi connectivity index (χ0) is 14.4. The van der Waals surface area contributed by atoms with Crippen molar-refractivity contribution in [1.82, 2.24) is 5.32 Å². The van der Waals surface area contributed by atoms with Crippen molar-refractivity contribution in [3.63, 3.8) is 0 Å². The van der Waals surface area contributed by atoms with Gasteiger partial charge in [-0.15, -0.1) is 0 Å². The highest BCUT2D eigenvalue weighted by atomic mass is 16.5. The largest absolute Gasteiger partial charge is 0.399 e. The molecule has 0 aromatic heterocycles. The monoisotopic (exact) mass is 270 g/mol. The van der Waals surface area contributed by atoms with E-state index < -0.39 is 6.10 Å². The van der Waals surface area contributed by atoms with Crippen molar-refractivity contribution in [1.29, 1.82) is 0 Å². The highest BCUT2D eigenvalue weighted by Gasteiger charge is 2.19. The Morgan fingerprint density at radius 1 is 1.20 bits per heavy atom. The summed E-state index contributed by atoms with van der Waals surface area (Å²) in [6, 6.07) is 16.8. The van der Waals surface area contributed by atoms with E-state index in [0.29, 0.717) is 12.2 Å². The molecule has 4 nitrogen and oxygen atoms in total. The Hall–Kier alpha value is -2.33. The van der Waals surface area contributed by atoms with Gasteiger partial charge in [-0.05, 0) is 23.3 Å². The van der Waals surface area contributed by atoms with Gasteiger partial charge in [-0.25, -0.2) is 0 Å². The molecule has 0 radical (unpaired) electrons. The van der Waals surface area contributed by atoms with E-state index in [1.807, 2.05) is 54.6 Å². The minimum Gasteiger partial charge on any atom is -0.399 e. The van der Waals surface area contributed by atoms with Crippen LogP contribution in [0, 0.1) is 0 Å². The van der Waals surface area contributed by atoms with Gasteiger partial charge in [0.25, 0.3) is 5.91 Å². The van der Waals surface area contributed by atoms with Gasteiger partial charge in [0.05, 0.1) is 0 Å². The Bertz CT molecular complexity index is 570. The third kappa shape index (κ3) is 3.59. The van der Waals surface area contributed by atoms with Crippen LogP contribution in [0.2, 0.25) is 0 Å². The first-order valence-electron chi connectivity index (χ1n) is 6.40. The average Bonchev–Trinajstić information content (AvgIpc) is 2.47. The molecule has 2 aromatic carbocycles. The molecule has 20 heavy (non-hydrogen) atoms. The van der Waals surface area contributed by atoms with E-state index in [4.69, 9.17) is 10.5 Å². The predicted molar refractivity (Wildman–Crippen MR) is 78.9 cm³/mol. The second kappa shape index (κ2) is 6.73. The third-order valence-electron chi connectivity index (χ3n) is 2.99. The number of methoxy groups -OCH3 is 1. The van der Waals surface area contributed by atoms with Crippen LogP contribution in [0.5, 0.6) is 0 Å². The molecule has 104 valence electrons. The van der Waals surface area contributed by atoms with E-state index in [9.17, 15) is 4.79 Å². The molecule has 0 saturated carbocycles. The highest BCUT2D eigenvalue weighted by molar-refractivity contribution is 5.82. The third-order valence-corrected chi connectivity index (χ3v) is 2.99. The van der Waals surface area contributed by atoms with Crippen molar-refractivity contribution in [2.75, 3.05) is 12.8 Å². The van der Waals surface area contributed by atoms with E-state index >= 15 is 0 Å². The molecule has 2 aromatic rings. The number of amides is 1. The zero-order valence-corrected chi connectivity index (χ0v) is 11.4. The number of rotatable bonds is 5. The van der Waals surface area contributed by atoms with Crippen LogP contribution in [0.1, 0.15) is 17.2 Å². The fourth-order valence-corrected chi connectivity index (χ4v) is 2.01. The van der Waals surface area contributed by atoms with Crippen molar-refractivity contribution in [2.24, 2.45) is 0 Å². The van der Waals surface area contributed by atoms with Crippen molar-refractivity contribution < 1.29 is 9.53 Å². The SMILES string of the molecule is COC(C(=O)NCc1cccc(N)c1)c1ccccc1. The summed E-state index contributed by atoms with van der Waals surface area (Å²) in [5.41, 5.74) is 8.18. The van der Waals surface area contributed by atoms with Gasteiger partial charge >= 0.3 is 0 Å². The average molecular weight is 270 g/mol. The Kier molecular flexibility index (Phi) is 4.74. The molecular formula is C16H18N2O2. The van der Waals surface area contributed by atoms with Crippen molar-refractivity contribution in [3.05, 3.63) is 65.7 Å². The van der Waals surface area contributed by atoms with Gasteiger partial charge in [-0.2, -0.15) is 0 Å². The standard InChI is InChI=1S/C16H18N2O2/c1-20-15(13-7-3-2-4-8-13)16(19)18-11-12-6-5-9-14(17)10-12/h2-10,15H,11,17H2,1H3,(H,18,19). The summed E-state index contributed by atoms with van der Waals surface area (Å²) in [5.74, 6) is -0.166. The number of benzene rings is 2. The van der Waals surface area contributed by atoms with Gasteiger partial charge in [0.15, 0.2) is 6.10 Å². The molecule has 1 unspecified atom stereocenters. The van der Waals surface area contributed by atoms with Crippen molar-refractivity contribution in [3.8, 4) is 0 Å². The van der Waals surface area contributed by atoms with Gasteiger partial charge in [0.1, 0.15) is 0 Å². The van der Waals surface area contributed by atoms with E-state index in [1.54, 1.807) is 0 Å². The maximum absolute atomic E-state index is 12.2. The first kappa shape index (κ1) is 14.1. The second-order valence-corrected chi connectivity index (χ2v) is 4.49. The Labute approximate surface area is 118 Å². The Morgan fingerprint density at radius 3 is 2.60 bits per heavy atom. The fourth-order valence-electron chi connectivity index (χ4n) is 2.01. The van der Waals surface area contributed by atoms with Crippen molar-refractivity contribution in [2.45, 2.75) is 12.6 Å². The Morgan fingerprint density at radius 2 is 1.95 bits per heavy atom. The lowest BCUT2D eigenvalue weighted by molar-refractivity contribution is -0.131. The molecule has 0 aliphatic carbocycles. The maximum Gasteiger partial charge on any atom is 0.254 e. The summed E-state index contributed by atoms with van der Waals surface area (Å²) in [5, 5.41) is 2.86. The lowest BCUT2D eigenvalue weighted by Crippen LogP contribution is -2.29. The van der Waals surface area contributed by atoms with Crippen molar-refractivity contribution >= 4 is 11.6 Å². The van der Waals surface area contributed by atoms with E-state index in [1.165, 1.54) is 7.11 Å². The molecule has 0 aliphatic heterocycles. The van der Waals surface area contributed by atoms with E-state index in [0.717, 1.165) is 11.1 Å². The number of hydrogen-bond acceptors (Lipinski definition) is 3. The van der Waals surface area contributed by atoms with Gasteiger partial charge in [0, 0.05) is 19.3 Å². The number of carbonyl (C=O) groups excluding carboxylic acids is 1. The summed E-state index contributed by atoms with van der Waals surface area (Å²) in [6.45, 7) is 0.427. The minimum atomic E-state index is -0.600.